The minimum Gasteiger partial charge on any atom is -0.458 e. The standard InChI is InChI=1S/C20H26O7/c1-6-9(2)15(21)24-11-7-17(4,23)19-12(26-19)8-18(5)20(19,27-18)14-13(11)10(3)16(22)25-14/h6,10-14,23H,7-8H2,1-5H3/b9-6-/t10-,11-,12+,13+,14-,17-,18-,19-,20-/m0/s1. The molecule has 5 fully saturated rings. The Kier molecular flexibility index (Phi) is 3.11. The quantitative estimate of drug-likeness (QED) is 0.439. The Morgan fingerprint density at radius 3 is 2.67 bits per heavy atom. The maximum atomic E-state index is 12.5. The van der Waals surface area contributed by atoms with E-state index in [1.165, 1.54) is 0 Å². The van der Waals surface area contributed by atoms with Crippen molar-refractivity contribution in [1.29, 1.82) is 0 Å². The van der Waals surface area contributed by atoms with Crippen molar-refractivity contribution < 1.29 is 33.6 Å². The Morgan fingerprint density at radius 1 is 1.30 bits per heavy atom. The smallest absolute Gasteiger partial charge is 0.333 e. The van der Waals surface area contributed by atoms with Crippen molar-refractivity contribution in [2.45, 2.75) is 88.2 Å². The summed E-state index contributed by atoms with van der Waals surface area (Å²) in [7, 11) is 0. The summed E-state index contributed by atoms with van der Waals surface area (Å²) in [6.07, 6.45) is 1.13. The molecule has 3 saturated heterocycles. The van der Waals surface area contributed by atoms with Crippen molar-refractivity contribution in [1.82, 2.24) is 0 Å². The van der Waals surface area contributed by atoms with Crippen molar-refractivity contribution in [3.8, 4) is 0 Å². The van der Waals surface area contributed by atoms with Crippen LogP contribution in [0, 0.1) is 11.8 Å². The van der Waals surface area contributed by atoms with Crippen LogP contribution < -0.4 is 0 Å². The van der Waals surface area contributed by atoms with Crippen LogP contribution in [0.15, 0.2) is 11.6 Å². The van der Waals surface area contributed by atoms with Crippen LogP contribution in [0.4, 0.5) is 0 Å². The van der Waals surface area contributed by atoms with E-state index in [-0.39, 0.29) is 24.4 Å². The predicted octanol–water partition coefficient (Wildman–Crippen LogP) is 1.27. The Labute approximate surface area is 158 Å². The summed E-state index contributed by atoms with van der Waals surface area (Å²) in [6.45, 7) is 8.95. The Hall–Kier alpha value is -1.44. The number of esters is 2. The van der Waals surface area contributed by atoms with Gasteiger partial charge in [0.25, 0.3) is 0 Å². The van der Waals surface area contributed by atoms with Crippen LogP contribution in [0.5, 0.6) is 0 Å². The number of carbonyl (C=O) groups is 2. The van der Waals surface area contributed by atoms with Crippen molar-refractivity contribution in [2.75, 3.05) is 0 Å². The molecule has 7 nitrogen and oxygen atoms in total. The van der Waals surface area contributed by atoms with E-state index in [0.717, 1.165) is 0 Å². The van der Waals surface area contributed by atoms with E-state index in [1.54, 1.807) is 33.8 Å². The van der Waals surface area contributed by atoms with E-state index < -0.39 is 46.5 Å². The van der Waals surface area contributed by atoms with E-state index in [2.05, 4.69) is 0 Å². The zero-order chi connectivity index (χ0) is 19.6. The molecule has 0 aromatic heterocycles. The lowest BCUT2D eigenvalue weighted by Gasteiger charge is -2.34. The summed E-state index contributed by atoms with van der Waals surface area (Å²) in [6, 6.07) is 0. The molecule has 0 bridgehead atoms. The molecular formula is C20H26O7. The van der Waals surface area contributed by atoms with Gasteiger partial charge in [0, 0.05) is 24.3 Å². The molecule has 9 atom stereocenters. The van der Waals surface area contributed by atoms with Crippen molar-refractivity contribution >= 4 is 11.9 Å². The molecule has 0 aromatic carbocycles. The molecular weight excluding hydrogens is 352 g/mol. The zero-order valence-electron chi connectivity index (χ0n) is 16.3. The zero-order valence-corrected chi connectivity index (χ0v) is 16.3. The third-order valence-electron chi connectivity index (χ3n) is 7.77. The molecule has 7 heteroatoms. The van der Waals surface area contributed by atoms with Gasteiger partial charge in [-0.25, -0.2) is 4.79 Å². The first-order valence-electron chi connectivity index (χ1n) is 9.69. The average molecular weight is 378 g/mol. The lowest BCUT2D eigenvalue weighted by atomic mass is 9.74. The molecule has 1 N–H and O–H groups in total. The second kappa shape index (κ2) is 4.75. The number of epoxide rings is 2. The summed E-state index contributed by atoms with van der Waals surface area (Å²) >= 11 is 0. The van der Waals surface area contributed by atoms with Crippen LogP contribution >= 0.6 is 0 Å². The van der Waals surface area contributed by atoms with Crippen LogP contribution in [0.2, 0.25) is 0 Å². The maximum Gasteiger partial charge on any atom is 0.333 e. The minimum absolute atomic E-state index is 0.131. The molecule has 2 saturated carbocycles. The lowest BCUT2D eigenvalue weighted by Crippen LogP contribution is -2.57. The van der Waals surface area contributed by atoms with Crippen LogP contribution in [-0.4, -0.2) is 57.8 Å². The maximum absolute atomic E-state index is 12.5. The topological polar surface area (TPSA) is 97.9 Å². The highest BCUT2D eigenvalue weighted by atomic mass is 16.7. The highest BCUT2D eigenvalue weighted by Gasteiger charge is 3.00. The number of ether oxygens (including phenoxy) is 4. The van der Waals surface area contributed by atoms with Crippen LogP contribution in [0.3, 0.4) is 0 Å². The number of fused-ring (bicyclic) bond motifs is 1. The molecule has 0 amide bonds. The van der Waals surface area contributed by atoms with Crippen LogP contribution in [0.1, 0.15) is 47.5 Å². The normalized spacial score (nSPS) is 57.6. The molecule has 5 aliphatic rings. The fourth-order valence-corrected chi connectivity index (χ4v) is 6.24. The number of hydrogen-bond donors (Lipinski definition) is 1. The van der Waals surface area contributed by atoms with Gasteiger partial charge in [-0.2, -0.15) is 0 Å². The van der Waals surface area contributed by atoms with Crippen LogP contribution in [0.25, 0.3) is 0 Å². The third kappa shape index (κ3) is 1.75. The number of allylic oxidation sites excluding steroid dienone is 1. The van der Waals surface area contributed by atoms with Gasteiger partial charge >= 0.3 is 11.9 Å². The summed E-state index contributed by atoms with van der Waals surface area (Å²) in [5.41, 5.74) is -3.07. The summed E-state index contributed by atoms with van der Waals surface area (Å²) in [5.74, 6) is -1.60. The summed E-state index contributed by atoms with van der Waals surface area (Å²) < 4.78 is 23.9. The molecule has 5 rings (SSSR count). The highest BCUT2D eigenvalue weighted by molar-refractivity contribution is 5.88. The van der Waals surface area contributed by atoms with Gasteiger partial charge in [-0.15, -0.1) is 0 Å². The van der Waals surface area contributed by atoms with Gasteiger partial charge in [0.1, 0.15) is 23.4 Å². The molecule has 3 aliphatic heterocycles. The van der Waals surface area contributed by atoms with Crippen LogP contribution in [-0.2, 0) is 28.5 Å². The minimum atomic E-state index is -1.27. The van der Waals surface area contributed by atoms with E-state index in [9.17, 15) is 14.7 Å². The monoisotopic (exact) mass is 378 g/mol. The Balaban J connectivity index is 1.60. The van der Waals surface area contributed by atoms with Gasteiger partial charge < -0.3 is 24.1 Å². The molecule has 0 unspecified atom stereocenters. The molecule has 3 heterocycles. The van der Waals surface area contributed by atoms with E-state index in [1.807, 2.05) is 6.92 Å². The van der Waals surface area contributed by atoms with E-state index >= 15 is 0 Å². The van der Waals surface area contributed by atoms with Gasteiger partial charge in [0.2, 0.25) is 0 Å². The van der Waals surface area contributed by atoms with Crippen molar-refractivity contribution in [2.24, 2.45) is 11.8 Å². The second-order valence-electron chi connectivity index (χ2n) is 9.23. The van der Waals surface area contributed by atoms with E-state index in [0.29, 0.717) is 12.0 Å². The second-order valence-corrected chi connectivity index (χ2v) is 9.23. The average Bonchev–Trinajstić information content (AvgIpc) is 3.42. The molecule has 148 valence electrons. The first-order valence-corrected chi connectivity index (χ1v) is 9.69. The van der Waals surface area contributed by atoms with Gasteiger partial charge in [0.15, 0.2) is 11.2 Å². The number of rotatable bonds is 2. The molecule has 0 aromatic rings. The van der Waals surface area contributed by atoms with Gasteiger partial charge in [-0.1, -0.05) is 13.0 Å². The predicted molar refractivity (Wildman–Crippen MR) is 91.5 cm³/mol. The molecule has 27 heavy (non-hydrogen) atoms. The lowest BCUT2D eigenvalue weighted by molar-refractivity contribution is -0.153. The third-order valence-corrected chi connectivity index (χ3v) is 7.77. The molecule has 2 spiro atoms. The number of aliphatic hydroxyl groups is 1. The van der Waals surface area contributed by atoms with Gasteiger partial charge in [-0.05, 0) is 27.7 Å². The largest absolute Gasteiger partial charge is 0.458 e. The highest BCUT2D eigenvalue weighted by Crippen LogP contribution is 2.80. The van der Waals surface area contributed by atoms with Gasteiger partial charge in [-0.3, -0.25) is 4.79 Å². The van der Waals surface area contributed by atoms with Gasteiger partial charge in [0.05, 0.1) is 12.0 Å². The first kappa shape index (κ1) is 17.6. The SMILES string of the molecule is C/C=C(/C)C(=O)O[C@H]1C[C@](C)(O)[C@@]23O[C@@H]2C[C@]2(C)O[C@]32[C@H]2OC(=O)[C@@H](C)[C@H]12. The molecule has 0 radical (unpaired) electrons. The number of hydrogen-bond acceptors (Lipinski definition) is 7. The Morgan fingerprint density at radius 2 is 2.00 bits per heavy atom. The fourth-order valence-electron chi connectivity index (χ4n) is 6.24. The van der Waals surface area contributed by atoms with Crippen molar-refractivity contribution in [3.05, 3.63) is 11.6 Å². The number of carbonyl (C=O) groups excluding carboxylic acids is 2. The summed E-state index contributed by atoms with van der Waals surface area (Å²) in [5, 5.41) is 11.5. The fraction of sp³-hybridized carbons (Fsp3) is 0.800. The summed E-state index contributed by atoms with van der Waals surface area (Å²) in [4.78, 5) is 24.9. The molecule has 2 aliphatic carbocycles. The Bertz CT molecular complexity index is 787. The van der Waals surface area contributed by atoms with E-state index in [4.69, 9.17) is 18.9 Å². The first-order chi connectivity index (χ1) is 12.5. The van der Waals surface area contributed by atoms with Crippen molar-refractivity contribution in [3.63, 3.8) is 0 Å².